The van der Waals surface area contributed by atoms with Crippen molar-refractivity contribution in [2.75, 3.05) is 18.5 Å². The molecule has 0 radical (unpaired) electrons. The number of aromatic nitrogens is 2. The number of hydrogen-bond donors (Lipinski definition) is 1. The maximum absolute atomic E-state index is 5.54. The number of ether oxygens (including phenoxy) is 1. The lowest BCUT2D eigenvalue weighted by atomic mass is 10.1. The van der Waals surface area contributed by atoms with Gasteiger partial charge >= 0.3 is 0 Å². The van der Waals surface area contributed by atoms with Crippen LogP contribution in [0.1, 0.15) is 20.8 Å². The first-order chi connectivity index (χ1) is 6.53. The van der Waals surface area contributed by atoms with Gasteiger partial charge < -0.3 is 10.1 Å². The summed E-state index contributed by atoms with van der Waals surface area (Å²) < 4.78 is 6.33. The molecule has 1 N–H and O–H groups in total. The molecule has 0 atom stereocenters. The Kier molecular flexibility index (Phi) is 4.28. The lowest BCUT2D eigenvalue weighted by Gasteiger charge is -2.24. The summed E-state index contributed by atoms with van der Waals surface area (Å²) in [4.78, 5) is 0. The minimum Gasteiger partial charge on any atom is -0.374 e. The molecule has 80 valence electrons. The van der Waals surface area contributed by atoms with Crippen LogP contribution >= 0.6 is 27.3 Å². The fraction of sp³-hybridized carbons (Fsp3) is 0.750. The highest BCUT2D eigenvalue weighted by atomic mass is 79.9. The summed E-state index contributed by atoms with van der Waals surface area (Å²) in [6.07, 6.45) is 0. The van der Waals surface area contributed by atoms with E-state index in [1.54, 1.807) is 0 Å². The minimum absolute atomic E-state index is 0.174. The number of hydrogen-bond acceptors (Lipinski definition) is 5. The smallest absolute Gasteiger partial charge is 0.206 e. The van der Waals surface area contributed by atoms with E-state index in [0.717, 1.165) is 15.6 Å². The molecule has 14 heavy (non-hydrogen) atoms. The van der Waals surface area contributed by atoms with Crippen LogP contribution in [0.15, 0.2) is 3.92 Å². The fourth-order valence-corrected chi connectivity index (χ4v) is 2.01. The van der Waals surface area contributed by atoms with E-state index in [4.69, 9.17) is 4.74 Å². The molecule has 0 aromatic carbocycles. The van der Waals surface area contributed by atoms with Crippen molar-refractivity contribution in [2.24, 2.45) is 0 Å². The molecule has 0 aliphatic carbocycles. The Morgan fingerprint density at radius 2 is 2.21 bits per heavy atom. The molecule has 1 aromatic heterocycles. The van der Waals surface area contributed by atoms with E-state index in [1.807, 2.05) is 20.8 Å². The largest absolute Gasteiger partial charge is 0.374 e. The molecule has 1 aromatic rings. The van der Waals surface area contributed by atoms with Crippen LogP contribution in [-0.2, 0) is 4.74 Å². The highest BCUT2D eigenvalue weighted by Crippen LogP contribution is 2.21. The van der Waals surface area contributed by atoms with Gasteiger partial charge in [-0.05, 0) is 36.7 Å². The van der Waals surface area contributed by atoms with Crippen molar-refractivity contribution < 1.29 is 4.74 Å². The maximum atomic E-state index is 5.54. The Labute approximate surface area is 96.2 Å². The van der Waals surface area contributed by atoms with Gasteiger partial charge in [0.05, 0.1) is 5.60 Å². The van der Waals surface area contributed by atoms with Crippen LogP contribution in [0.25, 0.3) is 0 Å². The Morgan fingerprint density at radius 3 is 2.71 bits per heavy atom. The monoisotopic (exact) mass is 279 g/mol. The molecule has 4 nitrogen and oxygen atoms in total. The van der Waals surface area contributed by atoms with Gasteiger partial charge in [0.25, 0.3) is 0 Å². The van der Waals surface area contributed by atoms with Crippen LogP contribution in [-0.4, -0.2) is 29.0 Å². The first kappa shape index (κ1) is 11.9. The molecule has 1 heterocycles. The second-order valence-corrected chi connectivity index (χ2v) is 5.66. The van der Waals surface area contributed by atoms with Gasteiger partial charge in [-0.15, -0.1) is 10.2 Å². The first-order valence-electron chi connectivity index (χ1n) is 4.40. The van der Waals surface area contributed by atoms with Gasteiger partial charge in [-0.3, -0.25) is 0 Å². The topological polar surface area (TPSA) is 47.0 Å². The van der Waals surface area contributed by atoms with Crippen molar-refractivity contribution in [3.8, 4) is 0 Å². The van der Waals surface area contributed by atoms with E-state index in [9.17, 15) is 0 Å². The molecular weight excluding hydrogens is 266 g/mol. The molecule has 0 bridgehead atoms. The summed E-state index contributed by atoms with van der Waals surface area (Å²) in [6.45, 7) is 7.51. The van der Waals surface area contributed by atoms with Gasteiger partial charge in [-0.25, -0.2) is 0 Å². The Bertz CT molecular complexity index is 290. The van der Waals surface area contributed by atoms with Gasteiger partial charge in [0.1, 0.15) is 0 Å². The van der Waals surface area contributed by atoms with Gasteiger partial charge in [0.2, 0.25) is 5.13 Å². The summed E-state index contributed by atoms with van der Waals surface area (Å²) in [5.74, 6) is 0. The van der Waals surface area contributed by atoms with Crippen LogP contribution in [0.2, 0.25) is 0 Å². The second-order valence-electron chi connectivity index (χ2n) is 3.41. The molecule has 0 unspecified atom stereocenters. The van der Waals surface area contributed by atoms with E-state index < -0.39 is 0 Å². The van der Waals surface area contributed by atoms with Gasteiger partial charge in [0.15, 0.2) is 3.92 Å². The van der Waals surface area contributed by atoms with E-state index in [0.29, 0.717) is 6.61 Å². The van der Waals surface area contributed by atoms with E-state index >= 15 is 0 Å². The van der Waals surface area contributed by atoms with Gasteiger partial charge in [0, 0.05) is 13.2 Å². The van der Waals surface area contributed by atoms with Crippen molar-refractivity contribution in [1.82, 2.24) is 10.2 Å². The number of rotatable bonds is 5. The third-order valence-electron chi connectivity index (χ3n) is 1.60. The number of halogens is 1. The molecule has 6 heteroatoms. The fourth-order valence-electron chi connectivity index (χ4n) is 1.01. The van der Waals surface area contributed by atoms with Crippen molar-refractivity contribution in [3.05, 3.63) is 3.92 Å². The van der Waals surface area contributed by atoms with Crippen LogP contribution in [0.5, 0.6) is 0 Å². The van der Waals surface area contributed by atoms with E-state index in [2.05, 4.69) is 31.4 Å². The summed E-state index contributed by atoms with van der Waals surface area (Å²) in [5, 5.41) is 11.8. The molecule has 0 saturated carbocycles. The zero-order chi connectivity index (χ0) is 10.6. The third kappa shape index (κ3) is 3.89. The quantitative estimate of drug-likeness (QED) is 0.900. The van der Waals surface area contributed by atoms with Crippen molar-refractivity contribution in [3.63, 3.8) is 0 Å². The summed E-state index contributed by atoms with van der Waals surface area (Å²) in [6, 6.07) is 0. The third-order valence-corrected chi connectivity index (χ3v) is 2.91. The molecule has 0 aliphatic heterocycles. The number of nitrogens with zero attached hydrogens (tertiary/aromatic N) is 2. The predicted octanol–water partition coefficient (Wildman–Crippen LogP) is 2.53. The van der Waals surface area contributed by atoms with Crippen LogP contribution in [0, 0.1) is 0 Å². The lowest BCUT2D eigenvalue weighted by Crippen LogP contribution is -2.33. The molecule has 0 fully saturated rings. The minimum atomic E-state index is -0.174. The molecule has 0 saturated heterocycles. The Morgan fingerprint density at radius 1 is 1.50 bits per heavy atom. The average molecular weight is 280 g/mol. The summed E-state index contributed by atoms with van der Waals surface area (Å²) in [5.41, 5.74) is -0.174. The maximum Gasteiger partial charge on any atom is 0.206 e. The molecule has 0 aliphatic rings. The van der Waals surface area contributed by atoms with Crippen molar-refractivity contribution in [2.45, 2.75) is 26.4 Å². The zero-order valence-corrected chi connectivity index (χ0v) is 10.9. The molecule has 0 amide bonds. The van der Waals surface area contributed by atoms with E-state index in [1.165, 1.54) is 11.3 Å². The SMILES string of the molecule is CCOC(C)(C)CNc1nnc(Br)s1. The predicted molar refractivity (Wildman–Crippen MR) is 61.8 cm³/mol. The molecule has 1 rings (SSSR count). The molecular formula is C8H14BrN3OS. The van der Waals surface area contributed by atoms with Crippen LogP contribution in [0.4, 0.5) is 5.13 Å². The number of nitrogens with one attached hydrogen (secondary N) is 1. The normalized spacial score (nSPS) is 11.7. The Balaban J connectivity index is 2.40. The van der Waals surface area contributed by atoms with Crippen molar-refractivity contribution >= 4 is 32.4 Å². The zero-order valence-electron chi connectivity index (χ0n) is 8.50. The average Bonchev–Trinajstić information content (AvgIpc) is 2.48. The summed E-state index contributed by atoms with van der Waals surface area (Å²) in [7, 11) is 0. The first-order valence-corrected chi connectivity index (χ1v) is 6.01. The lowest BCUT2D eigenvalue weighted by molar-refractivity contribution is 0.000689. The Hall–Kier alpha value is -0.200. The highest BCUT2D eigenvalue weighted by Gasteiger charge is 2.17. The van der Waals surface area contributed by atoms with Gasteiger partial charge in [-0.2, -0.15) is 0 Å². The van der Waals surface area contributed by atoms with Crippen LogP contribution < -0.4 is 5.32 Å². The van der Waals surface area contributed by atoms with Crippen molar-refractivity contribution in [1.29, 1.82) is 0 Å². The standard InChI is InChI=1S/C8H14BrN3OS/c1-4-13-8(2,3)5-10-7-12-11-6(9)14-7/h4-5H2,1-3H3,(H,10,12). The van der Waals surface area contributed by atoms with E-state index in [-0.39, 0.29) is 5.60 Å². The second kappa shape index (κ2) is 5.04. The number of anilines is 1. The highest BCUT2D eigenvalue weighted by molar-refractivity contribution is 9.11. The molecule has 0 spiro atoms. The summed E-state index contributed by atoms with van der Waals surface area (Å²) >= 11 is 4.73. The van der Waals surface area contributed by atoms with Crippen LogP contribution in [0.3, 0.4) is 0 Å². The van der Waals surface area contributed by atoms with Gasteiger partial charge in [-0.1, -0.05) is 11.3 Å².